The summed E-state index contributed by atoms with van der Waals surface area (Å²) in [6, 6.07) is 5.28. The molecule has 1 rings (SSSR count). The molecule has 1 unspecified atom stereocenters. The summed E-state index contributed by atoms with van der Waals surface area (Å²) in [5.41, 5.74) is 5.74. The van der Waals surface area contributed by atoms with Crippen LogP contribution in [0.4, 0.5) is 0 Å². The van der Waals surface area contributed by atoms with E-state index in [1.807, 2.05) is 6.92 Å². The van der Waals surface area contributed by atoms with Crippen molar-refractivity contribution in [3.8, 4) is 5.75 Å². The fourth-order valence-corrected chi connectivity index (χ4v) is 1.34. The van der Waals surface area contributed by atoms with Crippen LogP contribution in [-0.4, -0.2) is 6.61 Å². The highest BCUT2D eigenvalue weighted by Gasteiger charge is 2.05. The van der Waals surface area contributed by atoms with Gasteiger partial charge in [-0.2, -0.15) is 0 Å². The first-order valence-electron chi connectivity index (χ1n) is 3.97. The predicted molar refractivity (Wildman–Crippen MR) is 55.4 cm³/mol. The minimum Gasteiger partial charge on any atom is -0.492 e. The van der Waals surface area contributed by atoms with E-state index in [9.17, 15) is 0 Å². The van der Waals surface area contributed by atoms with Crippen LogP contribution >= 0.6 is 23.2 Å². The molecule has 1 aromatic carbocycles. The van der Waals surface area contributed by atoms with Crippen LogP contribution in [0.15, 0.2) is 18.2 Å². The lowest BCUT2D eigenvalue weighted by atomic mass is 10.2. The lowest BCUT2D eigenvalue weighted by Gasteiger charge is -2.08. The van der Waals surface area contributed by atoms with Gasteiger partial charge in [0.1, 0.15) is 11.3 Å². The maximum absolute atomic E-state index is 5.91. The van der Waals surface area contributed by atoms with E-state index in [0.717, 1.165) is 5.56 Å². The van der Waals surface area contributed by atoms with Gasteiger partial charge in [-0.25, -0.2) is 0 Å². The Kier molecular flexibility index (Phi) is 3.85. The molecule has 0 saturated heterocycles. The fraction of sp³-hybridized carbons (Fsp3) is 0.333. The van der Waals surface area contributed by atoms with Crippen LogP contribution in [0.2, 0.25) is 5.02 Å². The Morgan fingerprint density at radius 3 is 2.69 bits per heavy atom. The molecule has 0 saturated carbocycles. The summed E-state index contributed by atoms with van der Waals surface area (Å²) in [7, 11) is 0. The van der Waals surface area contributed by atoms with Crippen molar-refractivity contribution in [2.45, 2.75) is 12.4 Å². The van der Waals surface area contributed by atoms with E-state index in [1.165, 1.54) is 0 Å². The average Bonchev–Trinajstić information content (AvgIpc) is 2.08. The van der Waals surface area contributed by atoms with E-state index in [4.69, 9.17) is 33.7 Å². The number of alkyl halides is 1. The van der Waals surface area contributed by atoms with E-state index in [-0.39, 0.29) is 0 Å². The molecule has 0 fully saturated rings. The molecule has 0 bridgehead atoms. The third kappa shape index (κ3) is 2.76. The second-order valence-corrected chi connectivity index (χ2v) is 3.40. The average molecular weight is 220 g/mol. The van der Waals surface area contributed by atoms with Gasteiger partial charge in [0.05, 0.1) is 11.6 Å². The van der Waals surface area contributed by atoms with E-state index in [1.54, 1.807) is 18.2 Å². The van der Waals surface area contributed by atoms with Gasteiger partial charge in [0.2, 0.25) is 0 Å². The first-order valence-corrected chi connectivity index (χ1v) is 4.78. The highest BCUT2D eigenvalue weighted by molar-refractivity contribution is 6.32. The standard InChI is InChI=1S/C9H11Cl2NO/c1-2-13-8-4-3-6(9(11)12)5-7(8)10/h3-5,9H,2,12H2,1H3. The molecule has 0 aliphatic rings. The van der Waals surface area contributed by atoms with Crippen LogP contribution in [0.1, 0.15) is 18.0 Å². The Morgan fingerprint density at radius 1 is 1.54 bits per heavy atom. The van der Waals surface area contributed by atoms with Crippen LogP contribution in [0, 0.1) is 0 Å². The molecule has 2 nitrogen and oxygen atoms in total. The molecule has 0 aliphatic heterocycles. The lowest BCUT2D eigenvalue weighted by Crippen LogP contribution is -2.02. The van der Waals surface area contributed by atoms with Gasteiger partial charge in [-0.3, -0.25) is 0 Å². The van der Waals surface area contributed by atoms with Crippen molar-refractivity contribution in [3.63, 3.8) is 0 Å². The summed E-state index contributed by atoms with van der Waals surface area (Å²) in [6.45, 7) is 2.49. The normalized spacial score (nSPS) is 12.6. The predicted octanol–water partition coefficient (Wildman–Crippen LogP) is 2.93. The van der Waals surface area contributed by atoms with Crippen molar-refractivity contribution in [1.29, 1.82) is 0 Å². The van der Waals surface area contributed by atoms with Crippen LogP contribution in [0.3, 0.4) is 0 Å². The van der Waals surface area contributed by atoms with E-state index in [2.05, 4.69) is 0 Å². The molecular weight excluding hydrogens is 209 g/mol. The highest BCUT2D eigenvalue weighted by Crippen LogP contribution is 2.28. The Labute approximate surface area is 87.6 Å². The van der Waals surface area contributed by atoms with Gasteiger partial charge in [-0.1, -0.05) is 17.7 Å². The molecule has 0 aliphatic carbocycles. The maximum atomic E-state index is 5.91. The summed E-state index contributed by atoms with van der Waals surface area (Å²) in [4.78, 5) is 0. The van der Waals surface area contributed by atoms with Gasteiger partial charge >= 0.3 is 0 Å². The first-order chi connectivity index (χ1) is 6.15. The Balaban J connectivity index is 2.92. The number of ether oxygens (including phenoxy) is 1. The fourth-order valence-electron chi connectivity index (χ4n) is 0.961. The lowest BCUT2D eigenvalue weighted by molar-refractivity contribution is 0.340. The molecule has 13 heavy (non-hydrogen) atoms. The zero-order chi connectivity index (χ0) is 9.84. The molecule has 0 heterocycles. The Bertz CT molecular complexity index is 289. The van der Waals surface area contributed by atoms with E-state index >= 15 is 0 Å². The van der Waals surface area contributed by atoms with Gasteiger partial charge in [0, 0.05) is 0 Å². The quantitative estimate of drug-likeness (QED) is 0.627. The molecule has 0 aromatic heterocycles. The van der Waals surface area contributed by atoms with Crippen molar-refractivity contribution >= 4 is 23.2 Å². The van der Waals surface area contributed by atoms with Crippen molar-refractivity contribution in [1.82, 2.24) is 0 Å². The van der Waals surface area contributed by atoms with Crippen molar-refractivity contribution in [2.75, 3.05) is 6.61 Å². The van der Waals surface area contributed by atoms with E-state index in [0.29, 0.717) is 17.4 Å². The number of hydrogen-bond donors (Lipinski definition) is 1. The van der Waals surface area contributed by atoms with Crippen molar-refractivity contribution in [3.05, 3.63) is 28.8 Å². The number of halogens is 2. The maximum Gasteiger partial charge on any atom is 0.137 e. The minimum absolute atomic E-state index is 0.520. The monoisotopic (exact) mass is 219 g/mol. The first kappa shape index (κ1) is 10.6. The molecule has 0 radical (unpaired) electrons. The largest absolute Gasteiger partial charge is 0.492 e. The van der Waals surface area contributed by atoms with Gasteiger partial charge in [0.15, 0.2) is 0 Å². The molecule has 1 aromatic rings. The molecule has 4 heteroatoms. The topological polar surface area (TPSA) is 35.2 Å². The summed E-state index contributed by atoms with van der Waals surface area (Å²) in [5.74, 6) is 0.658. The van der Waals surface area contributed by atoms with Gasteiger partial charge in [0.25, 0.3) is 0 Å². The Hall–Kier alpha value is -0.440. The molecule has 0 amide bonds. The molecule has 0 spiro atoms. The molecular formula is C9H11Cl2NO. The van der Waals surface area contributed by atoms with E-state index < -0.39 is 5.50 Å². The summed E-state index contributed by atoms with van der Waals surface area (Å²) < 4.78 is 5.26. The van der Waals surface area contributed by atoms with Crippen LogP contribution in [0.25, 0.3) is 0 Å². The SMILES string of the molecule is CCOc1ccc(C(N)Cl)cc1Cl. The third-order valence-corrected chi connectivity index (χ3v) is 2.12. The summed E-state index contributed by atoms with van der Waals surface area (Å²) in [6.07, 6.45) is 0. The molecule has 2 N–H and O–H groups in total. The van der Waals surface area contributed by atoms with Crippen molar-refractivity contribution in [2.24, 2.45) is 5.73 Å². The van der Waals surface area contributed by atoms with Crippen molar-refractivity contribution < 1.29 is 4.74 Å². The molecule has 72 valence electrons. The van der Waals surface area contributed by atoms with Gasteiger partial charge in [-0.05, 0) is 24.6 Å². The third-order valence-electron chi connectivity index (χ3n) is 1.57. The number of benzene rings is 1. The summed E-state index contributed by atoms with van der Waals surface area (Å²) >= 11 is 11.6. The smallest absolute Gasteiger partial charge is 0.137 e. The zero-order valence-electron chi connectivity index (χ0n) is 7.26. The number of hydrogen-bond acceptors (Lipinski definition) is 2. The van der Waals surface area contributed by atoms with Gasteiger partial charge < -0.3 is 10.5 Å². The second kappa shape index (κ2) is 4.70. The second-order valence-electron chi connectivity index (χ2n) is 2.52. The molecule has 1 atom stereocenters. The van der Waals surface area contributed by atoms with Crippen LogP contribution < -0.4 is 10.5 Å². The van der Waals surface area contributed by atoms with Gasteiger partial charge in [-0.15, -0.1) is 11.6 Å². The number of nitrogens with two attached hydrogens (primary N) is 1. The number of rotatable bonds is 3. The minimum atomic E-state index is -0.520. The van der Waals surface area contributed by atoms with Crippen LogP contribution in [-0.2, 0) is 0 Å². The van der Waals surface area contributed by atoms with Crippen LogP contribution in [0.5, 0.6) is 5.75 Å². The summed E-state index contributed by atoms with van der Waals surface area (Å²) in [5, 5.41) is 0.537. The Morgan fingerprint density at radius 2 is 2.23 bits per heavy atom. The highest BCUT2D eigenvalue weighted by atomic mass is 35.5. The zero-order valence-corrected chi connectivity index (χ0v) is 8.77.